The molecule has 3 N–H and O–H groups in total. The molecule has 0 radical (unpaired) electrons. The number of methoxy groups -OCH3 is 1. The molecule has 0 saturated heterocycles. The second-order valence-corrected chi connectivity index (χ2v) is 6.00. The Hall–Kier alpha value is -1.14. The Labute approximate surface area is 132 Å². The third kappa shape index (κ3) is 6.75. The van der Waals surface area contributed by atoms with Crippen LogP contribution >= 0.6 is 0 Å². The van der Waals surface area contributed by atoms with Crippen molar-refractivity contribution in [2.24, 2.45) is 5.92 Å². The van der Waals surface area contributed by atoms with Gasteiger partial charge in [0.1, 0.15) is 0 Å². The number of rotatable bonds is 10. The van der Waals surface area contributed by atoms with Crippen LogP contribution in [0.2, 0.25) is 0 Å². The number of hydrogen-bond donors (Lipinski definition) is 3. The summed E-state index contributed by atoms with van der Waals surface area (Å²) in [4.78, 5) is 22.5. The second-order valence-electron chi connectivity index (χ2n) is 6.00. The van der Waals surface area contributed by atoms with Gasteiger partial charge in [-0.1, -0.05) is 19.3 Å². The molecule has 3 unspecified atom stereocenters. The molecule has 0 spiro atoms. The fraction of sp³-hybridized carbons (Fsp3) is 0.875. The van der Waals surface area contributed by atoms with Crippen molar-refractivity contribution in [2.75, 3.05) is 13.7 Å². The summed E-state index contributed by atoms with van der Waals surface area (Å²) in [5.41, 5.74) is 0. The van der Waals surface area contributed by atoms with E-state index in [-0.39, 0.29) is 18.4 Å². The van der Waals surface area contributed by atoms with Gasteiger partial charge in [-0.15, -0.1) is 0 Å². The number of unbranched alkanes of at least 4 members (excludes halogenated alkanes) is 4. The van der Waals surface area contributed by atoms with Crippen molar-refractivity contribution >= 4 is 11.9 Å². The highest BCUT2D eigenvalue weighted by atomic mass is 16.5. The highest BCUT2D eigenvalue weighted by molar-refractivity contribution is 5.80. The topological polar surface area (TPSA) is 95.9 Å². The Kier molecular flexibility index (Phi) is 9.08. The minimum atomic E-state index is -0.744. The number of carboxylic acid groups (broad SMARTS) is 1. The summed E-state index contributed by atoms with van der Waals surface area (Å²) in [5.74, 6) is -1.33. The standard InChI is InChI=1S/C16H29NO5/c1-22-13-9-7-8-12(18)15(13)16(21)17-11-6-4-2-3-5-10-14(19)20/h12-13,15,18H,2-11H2,1H3,(H,17,21)(H,19,20). The maximum absolute atomic E-state index is 12.2. The summed E-state index contributed by atoms with van der Waals surface area (Å²) >= 11 is 0. The number of amides is 1. The Morgan fingerprint density at radius 2 is 1.82 bits per heavy atom. The summed E-state index contributed by atoms with van der Waals surface area (Å²) in [7, 11) is 1.58. The molecule has 0 heterocycles. The van der Waals surface area contributed by atoms with Gasteiger partial charge in [-0.2, -0.15) is 0 Å². The lowest BCUT2D eigenvalue weighted by atomic mass is 9.83. The molecule has 3 atom stereocenters. The normalized spacial score (nSPS) is 24.9. The first kappa shape index (κ1) is 18.9. The molecule has 0 aliphatic heterocycles. The van der Waals surface area contributed by atoms with Crippen LogP contribution in [-0.4, -0.2) is 48.0 Å². The summed E-state index contributed by atoms with van der Waals surface area (Å²) < 4.78 is 5.32. The molecule has 22 heavy (non-hydrogen) atoms. The minimum Gasteiger partial charge on any atom is -0.481 e. The van der Waals surface area contributed by atoms with Gasteiger partial charge in [-0.3, -0.25) is 9.59 Å². The molecule has 128 valence electrons. The van der Waals surface area contributed by atoms with Crippen LogP contribution in [-0.2, 0) is 14.3 Å². The van der Waals surface area contributed by atoms with Gasteiger partial charge in [0, 0.05) is 20.1 Å². The van der Waals surface area contributed by atoms with E-state index in [1.807, 2.05) is 0 Å². The fourth-order valence-corrected chi connectivity index (χ4v) is 3.00. The van der Waals surface area contributed by atoms with Gasteiger partial charge >= 0.3 is 5.97 Å². The van der Waals surface area contributed by atoms with Crippen molar-refractivity contribution < 1.29 is 24.5 Å². The monoisotopic (exact) mass is 315 g/mol. The van der Waals surface area contributed by atoms with E-state index >= 15 is 0 Å². The maximum atomic E-state index is 12.2. The van der Waals surface area contributed by atoms with Crippen molar-refractivity contribution in [1.82, 2.24) is 5.32 Å². The van der Waals surface area contributed by atoms with Gasteiger partial charge in [-0.05, 0) is 32.1 Å². The van der Waals surface area contributed by atoms with E-state index in [9.17, 15) is 14.7 Å². The summed E-state index contributed by atoms with van der Waals surface area (Å²) in [6.45, 7) is 0.595. The molecule has 0 aromatic rings. The average molecular weight is 315 g/mol. The van der Waals surface area contributed by atoms with E-state index in [2.05, 4.69) is 5.32 Å². The maximum Gasteiger partial charge on any atom is 0.303 e. The SMILES string of the molecule is COC1CCCC(O)C1C(=O)NCCCCCCCC(=O)O. The van der Waals surface area contributed by atoms with Crippen LogP contribution in [0.5, 0.6) is 0 Å². The number of aliphatic hydroxyl groups excluding tert-OH is 1. The molecule has 1 aliphatic rings. The molecule has 1 fully saturated rings. The van der Waals surface area contributed by atoms with Gasteiger partial charge in [0.25, 0.3) is 0 Å². The van der Waals surface area contributed by atoms with E-state index in [0.717, 1.165) is 38.5 Å². The molecule has 6 nitrogen and oxygen atoms in total. The van der Waals surface area contributed by atoms with Gasteiger partial charge in [0.15, 0.2) is 0 Å². The zero-order chi connectivity index (χ0) is 16.4. The molecule has 1 rings (SSSR count). The highest BCUT2D eigenvalue weighted by Crippen LogP contribution is 2.27. The first-order chi connectivity index (χ1) is 10.6. The van der Waals surface area contributed by atoms with E-state index in [4.69, 9.17) is 9.84 Å². The van der Waals surface area contributed by atoms with Crippen LogP contribution in [0.4, 0.5) is 0 Å². The zero-order valence-electron chi connectivity index (χ0n) is 13.4. The molecular formula is C16H29NO5. The zero-order valence-corrected chi connectivity index (χ0v) is 13.4. The number of nitrogens with one attached hydrogen (secondary N) is 1. The van der Waals surface area contributed by atoms with Gasteiger partial charge in [0.2, 0.25) is 5.91 Å². The Balaban J connectivity index is 2.13. The van der Waals surface area contributed by atoms with Crippen LogP contribution in [0.25, 0.3) is 0 Å². The average Bonchev–Trinajstić information content (AvgIpc) is 2.49. The van der Waals surface area contributed by atoms with E-state index in [0.29, 0.717) is 19.4 Å². The Bertz CT molecular complexity index is 347. The van der Waals surface area contributed by atoms with Crippen molar-refractivity contribution in [3.63, 3.8) is 0 Å². The first-order valence-corrected chi connectivity index (χ1v) is 8.26. The number of hydrogen-bond acceptors (Lipinski definition) is 4. The smallest absolute Gasteiger partial charge is 0.303 e. The minimum absolute atomic E-state index is 0.120. The predicted molar refractivity (Wildman–Crippen MR) is 82.5 cm³/mol. The van der Waals surface area contributed by atoms with Gasteiger partial charge in [0.05, 0.1) is 18.1 Å². The number of aliphatic carboxylic acids is 1. The van der Waals surface area contributed by atoms with Crippen LogP contribution in [0, 0.1) is 5.92 Å². The quantitative estimate of drug-likeness (QED) is 0.533. The van der Waals surface area contributed by atoms with Crippen LogP contribution < -0.4 is 5.32 Å². The van der Waals surface area contributed by atoms with Crippen molar-refractivity contribution in [3.8, 4) is 0 Å². The van der Waals surface area contributed by atoms with Crippen molar-refractivity contribution in [2.45, 2.75) is 70.0 Å². The molecule has 0 bridgehead atoms. The highest BCUT2D eigenvalue weighted by Gasteiger charge is 2.37. The van der Waals surface area contributed by atoms with Crippen LogP contribution in [0.15, 0.2) is 0 Å². The molecule has 6 heteroatoms. The molecule has 1 amide bonds. The Morgan fingerprint density at radius 1 is 1.14 bits per heavy atom. The lowest BCUT2D eigenvalue weighted by Crippen LogP contribution is -2.47. The van der Waals surface area contributed by atoms with E-state index in [1.165, 1.54) is 0 Å². The van der Waals surface area contributed by atoms with Crippen LogP contribution in [0.3, 0.4) is 0 Å². The van der Waals surface area contributed by atoms with Crippen molar-refractivity contribution in [1.29, 1.82) is 0 Å². The lowest BCUT2D eigenvalue weighted by Gasteiger charge is -2.33. The van der Waals surface area contributed by atoms with E-state index in [1.54, 1.807) is 7.11 Å². The molecule has 0 aromatic carbocycles. The number of carbonyl (C=O) groups excluding carboxylic acids is 1. The summed E-state index contributed by atoms with van der Waals surface area (Å²) in [5, 5.41) is 21.4. The largest absolute Gasteiger partial charge is 0.481 e. The number of aliphatic hydroxyl groups is 1. The number of carboxylic acids is 1. The molecule has 1 aliphatic carbocycles. The summed E-state index contributed by atoms with van der Waals surface area (Å²) in [6.07, 6.45) is 6.23. The third-order valence-corrected chi connectivity index (χ3v) is 4.28. The molecule has 1 saturated carbocycles. The summed E-state index contributed by atoms with van der Waals surface area (Å²) in [6, 6.07) is 0. The lowest BCUT2D eigenvalue weighted by molar-refractivity contribution is -0.139. The van der Waals surface area contributed by atoms with E-state index < -0.39 is 18.0 Å². The number of ether oxygens (including phenoxy) is 1. The predicted octanol–water partition coefficient (Wildman–Crippen LogP) is 1.70. The fourth-order valence-electron chi connectivity index (χ4n) is 3.00. The van der Waals surface area contributed by atoms with Crippen LogP contribution in [0.1, 0.15) is 57.8 Å². The number of carbonyl (C=O) groups is 2. The molecule has 0 aromatic heterocycles. The third-order valence-electron chi connectivity index (χ3n) is 4.28. The second kappa shape index (κ2) is 10.6. The molecular weight excluding hydrogens is 286 g/mol. The van der Waals surface area contributed by atoms with Gasteiger partial charge < -0.3 is 20.3 Å². The first-order valence-electron chi connectivity index (χ1n) is 8.26. The van der Waals surface area contributed by atoms with Gasteiger partial charge in [-0.25, -0.2) is 0 Å². The Morgan fingerprint density at radius 3 is 2.50 bits per heavy atom. The van der Waals surface area contributed by atoms with Crippen molar-refractivity contribution in [3.05, 3.63) is 0 Å².